The van der Waals surface area contributed by atoms with E-state index in [1.54, 1.807) is 6.33 Å². The summed E-state index contributed by atoms with van der Waals surface area (Å²) in [5, 5.41) is 0. The number of nitrogens with zero attached hydrogens (tertiary/aromatic N) is 4. The van der Waals surface area contributed by atoms with Crippen LogP contribution in [0, 0.1) is 12.8 Å². The molecule has 0 aromatic carbocycles. The Labute approximate surface area is 122 Å². The maximum absolute atomic E-state index is 4.40. The molecule has 1 aliphatic carbocycles. The van der Waals surface area contributed by atoms with Crippen molar-refractivity contribution in [3.05, 3.63) is 18.1 Å². The smallest absolute Gasteiger partial charge is 0.132 e. The number of piperazine rings is 1. The van der Waals surface area contributed by atoms with E-state index in [0.717, 1.165) is 30.5 Å². The van der Waals surface area contributed by atoms with Gasteiger partial charge in [0.15, 0.2) is 0 Å². The molecule has 2 aliphatic rings. The molecular weight excluding hydrogens is 248 g/mol. The molecule has 2 fully saturated rings. The first kappa shape index (κ1) is 13.8. The highest BCUT2D eigenvalue weighted by Gasteiger charge is 2.22. The van der Waals surface area contributed by atoms with Crippen LogP contribution in [-0.2, 0) is 0 Å². The molecule has 110 valence electrons. The quantitative estimate of drug-likeness (QED) is 0.847. The number of hydrogen-bond acceptors (Lipinski definition) is 4. The standard InChI is InChI=1S/C16H26N4/c1-14-11-16(18-13-17-14)20-9-7-19(8-10-20)12-15-5-3-2-4-6-15/h11,13,15H,2-10,12H2,1H3. The molecule has 1 aromatic rings. The molecule has 3 rings (SSSR count). The maximum Gasteiger partial charge on any atom is 0.132 e. The molecular formula is C16H26N4. The van der Waals surface area contributed by atoms with Crippen molar-refractivity contribution in [3.8, 4) is 0 Å². The summed E-state index contributed by atoms with van der Waals surface area (Å²) in [5.74, 6) is 2.05. The van der Waals surface area contributed by atoms with E-state index in [0.29, 0.717) is 0 Å². The van der Waals surface area contributed by atoms with E-state index in [1.807, 2.05) is 6.92 Å². The first-order chi connectivity index (χ1) is 9.81. The van der Waals surface area contributed by atoms with Gasteiger partial charge in [-0.05, 0) is 25.7 Å². The normalized spacial score (nSPS) is 22.1. The van der Waals surface area contributed by atoms with E-state index in [9.17, 15) is 0 Å². The van der Waals surface area contributed by atoms with Crippen LogP contribution in [0.1, 0.15) is 37.8 Å². The van der Waals surface area contributed by atoms with Crippen molar-refractivity contribution in [2.24, 2.45) is 5.92 Å². The molecule has 1 saturated heterocycles. The summed E-state index contributed by atoms with van der Waals surface area (Å²) in [6.07, 6.45) is 8.93. The Kier molecular flexibility index (Phi) is 4.51. The lowest BCUT2D eigenvalue weighted by Gasteiger charge is -2.37. The minimum absolute atomic E-state index is 0.955. The molecule has 0 spiro atoms. The fraction of sp³-hybridized carbons (Fsp3) is 0.750. The number of aromatic nitrogens is 2. The monoisotopic (exact) mass is 274 g/mol. The molecule has 2 heterocycles. The van der Waals surface area contributed by atoms with Crippen molar-refractivity contribution in [1.29, 1.82) is 0 Å². The van der Waals surface area contributed by atoms with Crippen LogP contribution in [0.4, 0.5) is 5.82 Å². The van der Waals surface area contributed by atoms with E-state index in [4.69, 9.17) is 0 Å². The highest BCUT2D eigenvalue weighted by atomic mass is 15.3. The first-order valence-corrected chi connectivity index (χ1v) is 8.07. The predicted octanol–water partition coefficient (Wildman–Crippen LogP) is 2.49. The topological polar surface area (TPSA) is 32.3 Å². The van der Waals surface area contributed by atoms with Crippen LogP contribution >= 0.6 is 0 Å². The highest BCUT2D eigenvalue weighted by molar-refractivity contribution is 5.39. The molecule has 1 saturated carbocycles. The number of hydrogen-bond donors (Lipinski definition) is 0. The molecule has 4 heteroatoms. The van der Waals surface area contributed by atoms with Gasteiger partial charge in [0.1, 0.15) is 12.1 Å². The molecule has 0 N–H and O–H groups in total. The Balaban J connectivity index is 1.49. The highest BCUT2D eigenvalue weighted by Crippen LogP contribution is 2.25. The minimum atomic E-state index is 0.955. The second-order valence-corrected chi connectivity index (χ2v) is 6.31. The second-order valence-electron chi connectivity index (χ2n) is 6.31. The zero-order chi connectivity index (χ0) is 13.8. The van der Waals surface area contributed by atoms with Gasteiger partial charge >= 0.3 is 0 Å². The fourth-order valence-electron chi connectivity index (χ4n) is 3.51. The summed E-state index contributed by atoms with van der Waals surface area (Å²) in [6.45, 7) is 7.91. The molecule has 1 aromatic heterocycles. The molecule has 0 bridgehead atoms. The van der Waals surface area contributed by atoms with Gasteiger partial charge in [-0.2, -0.15) is 0 Å². The van der Waals surface area contributed by atoms with Crippen molar-refractivity contribution in [3.63, 3.8) is 0 Å². The third-order valence-electron chi connectivity index (χ3n) is 4.73. The maximum atomic E-state index is 4.40. The van der Waals surface area contributed by atoms with Gasteiger partial charge in [-0.15, -0.1) is 0 Å². The number of aryl methyl sites for hydroxylation is 1. The Morgan fingerprint density at radius 3 is 2.50 bits per heavy atom. The summed E-state index contributed by atoms with van der Waals surface area (Å²) >= 11 is 0. The zero-order valence-electron chi connectivity index (χ0n) is 12.6. The van der Waals surface area contributed by atoms with E-state index in [1.165, 1.54) is 51.7 Å². The van der Waals surface area contributed by atoms with Crippen molar-refractivity contribution < 1.29 is 0 Å². The van der Waals surface area contributed by atoms with Gasteiger partial charge in [0, 0.05) is 44.5 Å². The van der Waals surface area contributed by atoms with Crippen LogP contribution in [0.3, 0.4) is 0 Å². The van der Waals surface area contributed by atoms with Crippen molar-refractivity contribution in [2.45, 2.75) is 39.0 Å². The molecule has 0 unspecified atom stereocenters. The molecule has 0 amide bonds. The van der Waals surface area contributed by atoms with Crippen LogP contribution in [0.25, 0.3) is 0 Å². The Hall–Kier alpha value is -1.16. The third-order valence-corrected chi connectivity index (χ3v) is 4.73. The lowest BCUT2D eigenvalue weighted by molar-refractivity contribution is 0.191. The second kappa shape index (κ2) is 6.53. The SMILES string of the molecule is Cc1cc(N2CCN(CC3CCCCC3)CC2)ncn1. The number of rotatable bonds is 3. The Morgan fingerprint density at radius 1 is 1.05 bits per heavy atom. The lowest BCUT2D eigenvalue weighted by atomic mass is 9.89. The number of anilines is 1. The summed E-state index contributed by atoms with van der Waals surface area (Å²) in [5.41, 5.74) is 1.06. The molecule has 0 atom stereocenters. The van der Waals surface area contributed by atoms with Gasteiger partial charge in [0.2, 0.25) is 0 Å². The van der Waals surface area contributed by atoms with E-state index in [2.05, 4.69) is 25.8 Å². The van der Waals surface area contributed by atoms with Gasteiger partial charge < -0.3 is 4.90 Å². The summed E-state index contributed by atoms with van der Waals surface area (Å²) in [6, 6.07) is 2.09. The largest absolute Gasteiger partial charge is 0.354 e. The van der Waals surface area contributed by atoms with Crippen molar-refractivity contribution in [1.82, 2.24) is 14.9 Å². The van der Waals surface area contributed by atoms with Crippen molar-refractivity contribution >= 4 is 5.82 Å². The van der Waals surface area contributed by atoms with Crippen molar-refractivity contribution in [2.75, 3.05) is 37.6 Å². The Bertz CT molecular complexity index is 420. The van der Waals surface area contributed by atoms with Crippen LogP contribution in [0.15, 0.2) is 12.4 Å². The average Bonchev–Trinajstić information content (AvgIpc) is 2.49. The van der Waals surface area contributed by atoms with Gasteiger partial charge in [0.05, 0.1) is 0 Å². The molecule has 0 radical (unpaired) electrons. The van der Waals surface area contributed by atoms with Crippen LogP contribution in [0.2, 0.25) is 0 Å². The lowest BCUT2D eigenvalue weighted by Crippen LogP contribution is -2.48. The molecule has 20 heavy (non-hydrogen) atoms. The summed E-state index contributed by atoms with van der Waals surface area (Å²) in [7, 11) is 0. The van der Waals surface area contributed by atoms with Crippen LogP contribution in [0.5, 0.6) is 0 Å². The first-order valence-electron chi connectivity index (χ1n) is 8.07. The van der Waals surface area contributed by atoms with Gasteiger partial charge in [-0.25, -0.2) is 9.97 Å². The van der Waals surface area contributed by atoms with E-state index < -0.39 is 0 Å². The average molecular weight is 274 g/mol. The summed E-state index contributed by atoms with van der Waals surface area (Å²) < 4.78 is 0. The van der Waals surface area contributed by atoms with Gasteiger partial charge in [0.25, 0.3) is 0 Å². The van der Waals surface area contributed by atoms with Crippen LogP contribution < -0.4 is 4.90 Å². The zero-order valence-corrected chi connectivity index (χ0v) is 12.6. The third kappa shape index (κ3) is 3.48. The minimum Gasteiger partial charge on any atom is -0.354 e. The molecule has 4 nitrogen and oxygen atoms in total. The molecule has 1 aliphatic heterocycles. The Morgan fingerprint density at radius 2 is 1.80 bits per heavy atom. The van der Waals surface area contributed by atoms with E-state index >= 15 is 0 Å². The van der Waals surface area contributed by atoms with Gasteiger partial charge in [-0.1, -0.05) is 19.3 Å². The predicted molar refractivity (Wildman–Crippen MR) is 82.0 cm³/mol. The summed E-state index contributed by atoms with van der Waals surface area (Å²) in [4.78, 5) is 13.6. The van der Waals surface area contributed by atoms with E-state index in [-0.39, 0.29) is 0 Å². The van der Waals surface area contributed by atoms with Gasteiger partial charge in [-0.3, -0.25) is 4.90 Å². The fourth-order valence-corrected chi connectivity index (χ4v) is 3.51. The van der Waals surface area contributed by atoms with Crippen LogP contribution in [-0.4, -0.2) is 47.6 Å².